The van der Waals surface area contributed by atoms with Gasteiger partial charge in [-0.2, -0.15) is 0 Å². The van der Waals surface area contributed by atoms with Gasteiger partial charge < -0.3 is 16.0 Å². The number of likely N-dealkylation sites (tertiary alicyclic amines) is 1. The molecule has 3 atom stereocenters. The summed E-state index contributed by atoms with van der Waals surface area (Å²) in [5.41, 5.74) is 6.88. The standard InChI is InChI=1S/C19H28N4O2/c1-13-7-8-17(21-11-13)22-18(24)15-5-3-9-23(12-15)19(25)16-6-2-4-14(16)10-20/h7-8,11,14-16H,2-6,9-10,12,20H2,1H3,(H,21,22,24)/t14-,15?,16-/m1/s1. The van der Waals surface area contributed by atoms with E-state index in [1.807, 2.05) is 24.0 Å². The molecule has 1 aromatic heterocycles. The second kappa shape index (κ2) is 7.95. The number of rotatable bonds is 4. The van der Waals surface area contributed by atoms with Gasteiger partial charge in [0.05, 0.1) is 5.92 Å². The molecule has 1 saturated carbocycles. The number of pyridine rings is 1. The van der Waals surface area contributed by atoms with Gasteiger partial charge in [-0.05, 0) is 56.7 Å². The Labute approximate surface area is 149 Å². The highest BCUT2D eigenvalue weighted by Crippen LogP contribution is 2.33. The van der Waals surface area contributed by atoms with Gasteiger partial charge in [0.1, 0.15) is 5.82 Å². The van der Waals surface area contributed by atoms with Crippen LogP contribution in [0.5, 0.6) is 0 Å². The first-order valence-corrected chi connectivity index (χ1v) is 9.31. The molecule has 25 heavy (non-hydrogen) atoms. The SMILES string of the molecule is Cc1ccc(NC(=O)C2CCCN(C(=O)[C@@H]3CCC[C@@H]3CN)C2)nc1. The van der Waals surface area contributed by atoms with E-state index in [9.17, 15) is 9.59 Å². The van der Waals surface area contributed by atoms with E-state index in [0.29, 0.717) is 24.8 Å². The van der Waals surface area contributed by atoms with E-state index in [-0.39, 0.29) is 23.7 Å². The normalized spacial score (nSPS) is 26.5. The maximum absolute atomic E-state index is 12.9. The van der Waals surface area contributed by atoms with Gasteiger partial charge in [0.25, 0.3) is 0 Å². The van der Waals surface area contributed by atoms with E-state index >= 15 is 0 Å². The second-order valence-corrected chi connectivity index (χ2v) is 7.37. The number of piperidine rings is 1. The fraction of sp³-hybridized carbons (Fsp3) is 0.632. The number of hydrogen-bond donors (Lipinski definition) is 2. The lowest BCUT2D eigenvalue weighted by atomic mass is 9.91. The summed E-state index contributed by atoms with van der Waals surface area (Å²) in [5.74, 6) is 0.898. The Morgan fingerprint density at radius 3 is 2.84 bits per heavy atom. The Kier molecular flexibility index (Phi) is 5.68. The van der Waals surface area contributed by atoms with Crippen LogP contribution >= 0.6 is 0 Å². The Bertz CT molecular complexity index is 616. The minimum Gasteiger partial charge on any atom is -0.342 e. The Balaban J connectivity index is 1.59. The molecule has 0 spiro atoms. The number of aryl methyl sites for hydroxylation is 1. The van der Waals surface area contributed by atoms with Crippen molar-refractivity contribution in [2.24, 2.45) is 23.5 Å². The molecule has 0 aromatic carbocycles. The predicted molar refractivity (Wildman–Crippen MR) is 96.8 cm³/mol. The lowest BCUT2D eigenvalue weighted by Crippen LogP contribution is -2.47. The van der Waals surface area contributed by atoms with Gasteiger partial charge in [-0.25, -0.2) is 4.98 Å². The maximum Gasteiger partial charge on any atom is 0.230 e. The van der Waals surface area contributed by atoms with Crippen LogP contribution in [0.25, 0.3) is 0 Å². The summed E-state index contributed by atoms with van der Waals surface area (Å²) in [6.45, 7) is 3.79. The first kappa shape index (κ1) is 17.9. The van der Waals surface area contributed by atoms with Gasteiger partial charge in [-0.3, -0.25) is 9.59 Å². The van der Waals surface area contributed by atoms with E-state index in [2.05, 4.69) is 10.3 Å². The number of nitrogens with one attached hydrogen (secondary N) is 1. The number of amides is 2. The minimum absolute atomic E-state index is 0.0457. The number of nitrogens with zero attached hydrogens (tertiary/aromatic N) is 2. The molecule has 1 aliphatic heterocycles. The number of aromatic nitrogens is 1. The second-order valence-electron chi connectivity index (χ2n) is 7.37. The average molecular weight is 344 g/mol. The zero-order chi connectivity index (χ0) is 17.8. The minimum atomic E-state index is -0.168. The van der Waals surface area contributed by atoms with Gasteiger partial charge in [-0.1, -0.05) is 12.5 Å². The highest BCUT2D eigenvalue weighted by molar-refractivity contribution is 5.92. The molecule has 2 heterocycles. The van der Waals surface area contributed by atoms with Crippen LogP contribution in [-0.4, -0.2) is 41.3 Å². The highest BCUT2D eigenvalue weighted by Gasteiger charge is 2.37. The van der Waals surface area contributed by atoms with Crippen LogP contribution in [-0.2, 0) is 9.59 Å². The Morgan fingerprint density at radius 1 is 1.28 bits per heavy atom. The van der Waals surface area contributed by atoms with Crippen LogP contribution in [0, 0.1) is 24.7 Å². The predicted octanol–water partition coefficient (Wildman–Crippen LogP) is 1.94. The van der Waals surface area contributed by atoms with Crippen LogP contribution in [0.4, 0.5) is 5.82 Å². The number of carbonyl (C=O) groups is 2. The van der Waals surface area contributed by atoms with Crippen molar-refractivity contribution in [1.29, 1.82) is 0 Å². The van der Waals surface area contributed by atoms with Crippen LogP contribution < -0.4 is 11.1 Å². The molecule has 0 bridgehead atoms. The number of carbonyl (C=O) groups excluding carboxylic acids is 2. The van der Waals surface area contributed by atoms with Crippen LogP contribution in [0.3, 0.4) is 0 Å². The molecule has 1 aliphatic carbocycles. The monoisotopic (exact) mass is 344 g/mol. The first-order chi connectivity index (χ1) is 12.1. The fourth-order valence-corrected chi connectivity index (χ4v) is 4.04. The van der Waals surface area contributed by atoms with Gasteiger partial charge in [-0.15, -0.1) is 0 Å². The maximum atomic E-state index is 12.9. The summed E-state index contributed by atoms with van der Waals surface area (Å²) in [5, 5.41) is 2.88. The molecule has 136 valence electrons. The lowest BCUT2D eigenvalue weighted by molar-refractivity contribution is -0.139. The summed E-state index contributed by atoms with van der Waals surface area (Å²) in [6, 6.07) is 3.73. The smallest absolute Gasteiger partial charge is 0.230 e. The molecule has 6 heteroatoms. The topological polar surface area (TPSA) is 88.3 Å². The number of anilines is 1. The molecule has 1 saturated heterocycles. The van der Waals surface area contributed by atoms with E-state index < -0.39 is 0 Å². The summed E-state index contributed by atoms with van der Waals surface area (Å²) < 4.78 is 0. The third-order valence-corrected chi connectivity index (χ3v) is 5.55. The number of hydrogen-bond acceptors (Lipinski definition) is 4. The molecule has 1 aromatic rings. The van der Waals surface area contributed by atoms with Crippen LogP contribution in [0.1, 0.15) is 37.7 Å². The van der Waals surface area contributed by atoms with Gasteiger partial charge >= 0.3 is 0 Å². The highest BCUT2D eigenvalue weighted by atomic mass is 16.2. The van der Waals surface area contributed by atoms with Crippen molar-refractivity contribution in [2.45, 2.75) is 39.0 Å². The fourth-order valence-electron chi connectivity index (χ4n) is 4.04. The third kappa shape index (κ3) is 4.18. The van der Waals surface area contributed by atoms with Crippen molar-refractivity contribution in [1.82, 2.24) is 9.88 Å². The van der Waals surface area contributed by atoms with E-state index in [4.69, 9.17) is 5.73 Å². The third-order valence-electron chi connectivity index (χ3n) is 5.55. The van der Waals surface area contributed by atoms with Crippen molar-refractivity contribution in [2.75, 3.05) is 25.0 Å². The molecule has 6 nitrogen and oxygen atoms in total. The van der Waals surface area contributed by atoms with Gasteiger partial charge in [0.15, 0.2) is 0 Å². The average Bonchev–Trinajstić information content (AvgIpc) is 3.12. The zero-order valence-electron chi connectivity index (χ0n) is 14.9. The van der Waals surface area contributed by atoms with Crippen LogP contribution in [0.2, 0.25) is 0 Å². The molecular weight excluding hydrogens is 316 g/mol. The summed E-state index contributed by atoms with van der Waals surface area (Å²) in [6.07, 6.45) is 6.47. The van der Waals surface area contributed by atoms with Gasteiger partial charge in [0, 0.05) is 25.2 Å². The van der Waals surface area contributed by atoms with Crippen molar-refractivity contribution in [3.8, 4) is 0 Å². The molecule has 3 N–H and O–H groups in total. The molecule has 2 aliphatic rings. The summed E-state index contributed by atoms with van der Waals surface area (Å²) in [7, 11) is 0. The summed E-state index contributed by atoms with van der Waals surface area (Å²) >= 11 is 0. The van der Waals surface area contributed by atoms with Crippen molar-refractivity contribution < 1.29 is 9.59 Å². The zero-order valence-corrected chi connectivity index (χ0v) is 14.9. The Hall–Kier alpha value is -1.95. The van der Waals surface area contributed by atoms with E-state index in [0.717, 1.165) is 44.2 Å². The molecule has 3 rings (SSSR count). The van der Waals surface area contributed by atoms with Crippen LogP contribution in [0.15, 0.2) is 18.3 Å². The summed E-state index contributed by atoms with van der Waals surface area (Å²) in [4.78, 5) is 31.5. The molecular formula is C19H28N4O2. The van der Waals surface area contributed by atoms with E-state index in [1.165, 1.54) is 0 Å². The Morgan fingerprint density at radius 2 is 2.12 bits per heavy atom. The lowest BCUT2D eigenvalue weighted by Gasteiger charge is -2.34. The largest absolute Gasteiger partial charge is 0.342 e. The van der Waals surface area contributed by atoms with Crippen molar-refractivity contribution >= 4 is 17.6 Å². The van der Waals surface area contributed by atoms with Crippen molar-refractivity contribution in [3.63, 3.8) is 0 Å². The first-order valence-electron chi connectivity index (χ1n) is 9.31. The quantitative estimate of drug-likeness (QED) is 0.874. The van der Waals surface area contributed by atoms with E-state index in [1.54, 1.807) is 6.20 Å². The molecule has 2 amide bonds. The molecule has 0 radical (unpaired) electrons. The number of nitrogens with two attached hydrogens (primary N) is 1. The molecule has 2 fully saturated rings. The van der Waals surface area contributed by atoms with Gasteiger partial charge in [0.2, 0.25) is 11.8 Å². The van der Waals surface area contributed by atoms with Crippen molar-refractivity contribution in [3.05, 3.63) is 23.9 Å². The molecule has 1 unspecified atom stereocenters.